The van der Waals surface area contributed by atoms with Crippen molar-refractivity contribution in [3.63, 3.8) is 0 Å². The van der Waals surface area contributed by atoms with Crippen molar-refractivity contribution in [3.05, 3.63) is 35.9 Å². The lowest BCUT2D eigenvalue weighted by atomic mass is 10.2. The SMILES string of the molecule is C=C(CN)COCc1ccc2c(c1)OCO2. The van der Waals surface area contributed by atoms with E-state index < -0.39 is 0 Å². The molecule has 2 N–H and O–H groups in total. The van der Waals surface area contributed by atoms with Crippen molar-refractivity contribution in [2.75, 3.05) is 19.9 Å². The maximum atomic E-state index is 5.46. The predicted octanol–water partition coefficient (Wildman–Crippen LogP) is 1.45. The Balaban J connectivity index is 1.88. The van der Waals surface area contributed by atoms with Crippen molar-refractivity contribution in [2.24, 2.45) is 5.73 Å². The van der Waals surface area contributed by atoms with Crippen LogP contribution >= 0.6 is 0 Å². The minimum absolute atomic E-state index is 0.295. The zero-order valence-corrected chi connectivity index (χ0v) is 9.07. The van der Waals surface area contributed by atoms with Crippen LogP contribution in [0.4, 0.5) is 0 Å². The van der Waals surface area contributed by atoms with Crippen molar-refractivity contribution in [1.82, 2.24) is 0 Å². The molecule has 0 spiro atoms. The highest BCUT2D eigenvalue weighted by Crippen LogP contribution is 2.32. The van der Waals surface area contributed by atoms with Crippen molar-refractivity contribution in [1.29, 1.82) is 0 Å². The van der Waals surface area contributed by atoms with Crippen molar-refractivity contribution in [3.8, 4) is 11.5 Å². The average Bonchev–Trinajstić information content (AvgIpc) is 2.76. The van der Waals surface area contributed by atoms with Gasteiger partial charge in [0.15, 0.2) is 11.5 Å². The lowest BCUT2D eigenvalue weighted by molar-refractivity contribution is 0.142. The van der Waals surface area contributed by atoms with E-state index in [0.717, 1.165) is 22.6 Å². The summed E-state index contributed by atoms with van der Waals surface area (Å²) in [6.45, 7) is 5.54. The Bertz CT molecular complexity index is 390. The van der Waals surface area contributed by atoms with Crippen LogP contribution in [-0.4, -0.2) is 19.9 Å². The molecule has 0 radical (unpaired) electrons. The van der Waals surface area contributed by atoms with Gasteiger partial charge in [0.25, 0.3) is 0 Å². The van der Waals surface area contributed by atoms with E-state index in [9.17, 15) is 0 Å². The summed E-state index contributed by atoms with van der Waals surface area (Å²) in [6.07, 6.45) is 0. The molecule has 1 heterocycles. The number of nitrogens with two attached hydrogens (primary N) is 1. The Morgan fingerprint density at radius 3 is 3.00 bits per heavy atom. The summed E-state index contributed by atoms with van der Waals surface area (Å²) < 4.78 is 15.9. The van der Waals surface area contributed by atoms with Gasteiger partial charge in [-0.25, -0.2) is 0 Å². The van der Waals surface area contributed by atoms with Crippen LogP contribution in [-0.2, 0) is 11.3 Å². The molecule has 1 aliphatic rings. The summed E-state index contributed by atoms with van der Waals surface area (Å²) in [7, 11) is 0. The molecule has 0 fully saturated rings. The average molecular weight is 221 g/mol. The van der Waals surface area contributed by atoms with Gasteiger partial charge in [0, 0.05) is 6.54 Å². The molecule has 1 aromatic rings. The molecule has 0 aliphatic carbocycles. The molecule has 2 rings (SSSR count). The van der Waals surface area contributed by atoms with Crippen LogP contribution in [0.5, 0.6) is 11.5 Å². The second-order valence-electron chi connectivity index (χ2n) is 3.63. The normalized spacial score (nSPS) is 12.8. The van der Waals surface area contributed by atoms with Crippen LogP contribution in [0.1, 0.15) is 5.56 Å². The van der Waals surface area contributed by atoms with Gasteiger partial charge in [-0.1, -0.05) is 12.6 Å². The number of hydrogen-bond donors (Lipinski definition) is 1. The highest BCUT2D eigenvalue weighted by atomic mass is 16.7. The van der Waals surface area contributed by atoms with Gasteiger partial charge in [-0.15, -0.1) is 0 Å². The van der Waals surface area contributed by atoms with Crippen LogP contribution in [0.15, 0.2) is 30.4 Å². The molecule has 0 amide bonds. The highest BCUT2D eigenvalue weighted by Gasteiger charge is 2.12. The minimum Gasteiger partial charge on any atom is -0.454 e. The van der Waals surface area contributed by atoms with Crippen molar-refractivity contribution in [2.45, 2.75) is 6.61 Å². The fraction of sp³-hybridized carbons (Fsp3) is 0.333. The fourth-order valence-corrected chi connectivity index (χ4v) is 1.40. The molecule has 86 valence electrons. The van der Waals surface area contributed by atoms with Gasteiger partial charge in [0.2, 0.25) is 6.79 Å². The Labute approximate surface area is 94.6 Å². The first-order valence-electron chi connectivity index (χ1n) is 5.12. The summed E-state index contributed by atoms with van der Waals surface area (Å²) in [6, 6.07) is 5.77. The van der Waals surface area contributed by atoms with E-state index in [0.29, 0.717) is 26.6 Å². The van der Waals surface area contributed by atoms with E-state index in [1.54, 1.807) is 0 Å². The zero-order valence-electron chi connectivity index (χ0n) is 9.07. The summed E-state index contributed by atoms with van der Waals surface area (Å²) in [5, 5.41) is 0. The Hall–Kier alpha value is -1.52. The fourth-order valence-electron chi connectivity index (χ4n) is 1.40. The first-order valence-corrected chi connectivity index (χ1v) is 5.12. The largest absolute Gasteiger partial charge is 0.454 e. The maximum absolute atomic E-state index is 5.46. The van der Waals surface area contributed by atoms with Crippen LogP contribution in [0.2, 0.25) is 0 Å². The molecule has 4 nitrogen and oxygen atoms in total. The van der Waals surface area contributed by atoms with E-state index in [4.69, 9.17) is 19.9 Å². The number of fused-ring (bicyclic) bond motifs is 1. The van der Waals surface area contributed by atoms with Gasteiger partial charge < -0.3 is 19.9 Å². The molecule has 0 atom stereocenters. The third-order valence-corrected chi connectivity index (χ3v) is 2.30. The maximum Gasteiger partial charge on any atom is 0.231 e. The molecule has 0 bridgehead atoms. The lowest BCUT2D eigenvalue weighted by Crippen LogP contribution is -2.07. The Kier molecular flexibility index (Phi) is 3.44. The van der Waals surface area contributed by atoms with E-state index >= 15 is 0 Å². The molecular formula is C12H15NO3. The van der Waals surface area contributed by atoms with E-state index in [2.05, 4.69) is 6.58 Å². The first-order chi connectivity index (χ1) is 7.79. The van der Waals surface area contributed by atoms with E-state index in [1.165, 1.54) is 0 Å². The lowest BCUT2D eigenvalue weighted by Gasteiger charge is -2.06. The van der Waals surface area contributed by atoms with Gasteiger partial charge in [-0.05, 0) is 23.3 Å². The van der Waals surface area contributed by atoms with Crippen LogP contribution < -0.4 is 15.2 Å². The monoisotopic (exact) mass is 221 g/mol. The first kappa shape index (κ1) is 11.0. The number of rotatable bonds is 5. The molecule has 0 aromatic heterocycles. The number of benzene rings is 1. The molecule has 1 aliphatic heterocycles. The van der Waals surface area contributed by atoms with Gasteiger partial charge in [0.1, 0.15) is 0 Å². The minimum atomic E-state index is 0.295. The zero-order chi connectivity index (χ0) is 11.4. The predicted molar refractivity (Wildman–Crippen MR) is 60.4 cm³/mol. The topological polar surface area (TPSA) is 53.7 Å². The smallest absolute Gasteiger partial charge is 0.231 e. The van der Waals surface area contributed by atoms with Gasteiger partial charge in [-0.3, -0.25) is 0 Å². The molecular weight excluding hydrogens is 206 g/mol. The van der Waals surface area contributed by atoms with Crippen molar-refractivity contribution >= 4 is 0 Å². The highest BCUT2D eigenvalue weighted by molar-refractivity contribution is 5.44. The second kappa shape index (κ2) is 5.01. The Morgan fingerprint density at radius 2 is 2.19 bits per heavy atom. The van der Waals surface area contributed by atoms with E-state index in [-0.39, 0.29) is 0 Å². The molecule has 0 saturated heterocycles. The summed E-state index contributed by atoms with van der Waals surface area (Å²) >= 11 is 0. The van der Waals surface area contributed by atoms with Crippen molar-refractivity contribution < 1.29 is 14.2 Å². The molecule has 4 heteroatoms. The van der Waals surface area contributed by atoms with Crippen LogP contribution in [0.25, 0.3) is 0 Å². The third-order valence-electron chi connectivity index (χ3n) is 2.30. The summed E-state index contributed by atoms with van der Waals surface area (Å²) in [5.41, 5.74) is 7.35. The third kappa shape index (κ3) is 2.53. The van der Waals surface area contributed by atoms with Gasteiger partial charge in [0.05, 0.1) is 13.2 Å². The second-order valence-corrected chi connectivity index (χ2v) is 3.63. The Morgan fingerprint density at radius 1 is 1.38 bits per heavy atom. The van der Waals surface area contributed by atoms with Crippen LogP contribution in [0.3, 0.4) is 0 Å². The van der Waals surface area contributed by atoms with Gasteiger partial charge >= 0.3 is 0 Å². The van der Waals surface area contributed by atoms with Crippen LogP contribution in [0, 0.1) is 0 Å². The van der Waals surface area contributed by atoms with Gasteiger partial charge in [-0.2, -0.15) is 0 Å². The molecule has 16 heavy (non-hydrogen) atoms. The summed E-state index contributed by atoms with van der Waals surface area (Å²) in [5.74, 6) is 1.56. The quantitative estimate of drug-likeness (QED) is 0.764. The van der Waals surface area contributed by atoms with E-state index in [1.807, 2.05) is 18.2 Å². The molecule has 0 saturated carbocycles. The standard InChI is InChI=1S/C12H15NO3/c1-9(5-13)6-14-7-10-2-3-11-12(4-10)16-8-15-11/h2-4H,1,5-8,13H2. The summed E-state index contributed by atoms with van der Waals surface area (Å²) in [4.78, 5) is 0. The molecule has 1 aromatic carbocycles. The molecule has 0 unspecified atom stereocenters. The number of hydrogen-bond acceptors (Lipinski definition) is 4. The number of ether oxygens (including phenoxy) is 3.